The summed E-state index contributed by atoms with van der Waals surface area (Å²) < 4.78 is 73.0. The summed E-state index contributed by atoms with van der Waals surface area (Å²) >= 11 is -0.890. The van der Waals surface area contributed by atoms with E-state index in [1.54, 1.807) is 19.1 Å². The first-order chi connectivity index (χ1) is 22.6. The van der Waals surface area contributed by atoms with Crippen molar-refractivity contribution in [3.63, 3.8) is 0 Å². The van der Waals surface area contributed by atoms with Gasteiger partial charge < -0.3 is 10.1 Å². The van der Waals surface area contributed by atoms with Gasteiger partial charge in [0.1, 0.15) is 5.82 Å². The molecular formula is C39H44F5MoN2O-. The zero-order valence-electron chi connectivity index (χ0n) is 28.5. The van der Waals surface area contributed by atoms with Crippen LogP contribution in [-0.4, -0.2) is 9.51 Å². The Morgan fingerprint density at radius 3 is 1.79 bits per heavy atom. The van der Waals surface area contributed by atoms with E-state index < -0.39 is 35.5 Å². The van der Waals surface area contributed by atoms with Gasteiger partial charge in [0.2, 0.25) is 0 Å². The van der Waals surface area contributed by atoms with Gasteiger partial charge in [-0.2, -0.15) is 11.4 Å². The summed E-state index contributed by atoms with van der Waals surface area (Å²) in [6.45, 7) is 11.8. The van der Waals surface area contributed by atoms with E-state index in [9.17, 15) is 27.1 Å². The van der Waals surface area contributed by atoms with Gasteiger partial charge in [-0.05, 0) is 104 Å². The van der Waals surface area contributed by atoms with Crippen LogP contribution in [0, 0.1) is 37.8 Å². The number of hydrogen-bond acceptors (Lipinski definition) is 2. The third-order valence-electron chi connectivity index (χ3n) is 8.36. The smallest absolute Gasteiger partial charge is 0.165 e. The molecular weight excluding hydrogens is 703 g/mol. The number of aromatic nitrogens is 1. The molecule has 0 bridgehead atoms. The van der Waals surface area contributed by atoms with Crippen molar-refractivity contribution in [1.82, 2.24) is 4.98 Å². The summed E-state index contributed by atoms with van der Waals surface area (Å²) in [5.74, 6) is -1.14. The standard InChI is InChI=1S/C21H22F2O.C7H4F3N.C6H8N.C5H10.Mo/c1-12-17(22)10-13-6-2-4-8-15(13)19(12)20-16-9-5-3-7-14(16)11-18(23)21(20)24;8-7(9,10)5-3-1-2-4-6(5)11;1-5-3-4-6(2)7-5;1-5(2,3)4;/h10-11,24H,2-9H2,1H3;1-4H;3-4H,1-2H3;1H,2-4H3;/q;;-1;;. The molecule has 2 aliphatic rings. The fourth-order valence-corrected chi connectivity index (χ4v) is 7.65. The molecule has 0 fully saturated rings. The normalized spacial score (nSPS) is 14.0. The maximum atomic E-state index is 14.5. The quantitative estimate of drug-likeness (QED) is 0.164. The number of hydrogen-bond donors (Lipinski definition) is 1. The minimum atomic E-state index is -4.32. The number of benzene rings is 3. The summed E-state index contributed by atoms with van der Waals surface area (Å²) in [5.41, 5.74) is 7.59. The zero-order chi connectivity index (χ0) is 35.2. The van der Waals surface area contributed by atoms with Gasteiger partial charge in [-0.25, -0.2) is 8.78 Å². The third kappa shape index (κ3) is 9.68. The molecule has 1 heterocycles. The molecule has 1 N–H and O–H groups in total. The molecule has 258 valence electrons. The number of halogens is 5. The number of nitrogens with zero attached hydrogens (tertiary/aromatic N) is 2. The molecule has 3 nitrogen and oxygen atoms in total. The minimum Gasteiger partial charge on any atom is -0.665 e. The average Bonchev–Trinajstić information content (AvgIpc) is 3.41. The van der Waals surface area contributed by atoms with E-state index in [0.717, 1.165) is 96.6 Å². The molecule has 0 atom stereocenters. The zero-order valence-corrected chi connectivity index (χ0v) is 30.5. The Labute approximate surface area is 288 Å². The maximum absolute atomic E-state index is 14.5. The number of rotatable bonds is 2. The summed E-state index contributed by atoms with van der Waals surface area (Å²) in [5, 5.41) is 10.5. The van der Waals surface area contributed by atoms with Gasteiger partial charge in [0, 0.05) is 5.56 Å². The fourth-order valence-electron chi connectivity index (χ4n) is 6.07. The van der Waals surface area contributed by atoms with Crippen LogP contribution in [-0.2, 0) is 49.8 Å². The number of alkyl halides is 3. The monoisotopic (exact) mass is 749 g/mol. The van der Waals surface area contributed by atoms with Gasteiger partial charge in [0.25, 0.3) is 0 Å². The number of aryl methyl sites for hydroxylation is 4. The second kappa shape index (κ2) is 16.0. The Balaban J connectivity index is 0.000000188. The molecule has 0 saturated heterocycles. The molecule has 0 aliphatic heterocycles. The van der Waals surface area contributed by atoms with Crippen molar-refractivity contribution in [3.8, 4) is 16.9 Å². The second-order valence-corrected chi connectivity index (χ2v) is 15.1. The van der Waals surface area contributed by atoms with Gasteiger partial charge in [0.15, 0.2) is 11.6 Å². The van der Waals surface area contributed by atoms with Crippen LogP contribution in [0.25, 0.3) is 11.1 Å². The molecule has 6 rings (SSSR count). The number of aromatic hydroxyl groups is 1. The van der Waals surface area contributed by atoms with Crippen molar-refractivity contribution in [2.75, 3.05) is 0 Å². The van der Waals surface area contributed by atoms with Crippen LogP contribution in [0.3, 0.4) is 0 Å². The molecule has 3 aromatic carbocycles. The molecule has 0 amide bonds. The molecule has 0 saturated carbocycles. The first kappa shape index (κ1) is 37.6. The van der Waals surface area contributed by atoms with Crippen molar-refractivity contribution >= 4 is 10.1 Å². The fraction of sp³-hybridized carbons (Fsp3) is 0.410. The van der Waals surface area contributed by atoms with Crippen LogP contribution in [0.4, 0.5) is 27.6 Å². The van der Waals surface area contributed by atoms with Crippen LogP contribution in [0.15, 0.2) is 52.0 Å². The van der Waals surface area contributed by atoms with Gasteiger partial charge in [-0.15, -0.1) is 0 Å². The van der Waals surface area contributed by atoms with Crippen LogP contribution in [0.1, 0.15) is 91.2 Å². The summed E-state index contributed by atoms with van der Waals surface area (Å²) in [6.07, 6.45) is 3.24. The maximum Gasteiger partial charge on any atom is 0.165 e. The van der Waals surface area contributed by atoms with Crippen LogP contribution in [0.5, 0.6) is 5.75 Å². The molecule has 4 aromatic rings. The Bertz CT molecular complexity index is 1720. The van der Waals surface area contributed by atoms with Crippen molar-refractivity contribution in [2.45, 2.75) is 99.1 Å². The molecule has 2 aliphatic carbocycles. The second-order valence-electron chi connectivity index (χ2n) is 13.6. The third-order valence-corrected chi connectivity index (χ3v) is 11.1. The van der Waals surface area contributed by atoms with Gasteiger partial charge in [0.05, 0.1) is 0 Å². The van der Waals surface area contributed by atoms with E-state index >= 15 is 0 Å². The van der Waals surface area contributed by atoms with Crippen molar-refractivity contribution in [1.29, 1.82) is 0 Å². The first-order valence-electron chi connectivity index (χ1n) is 16.4. The van der Waals surface area contributed by atoms with Gasteiger partial charge in [-0.1, -0.05) is 26.0 Å². The van der Waals surface area contributed by atoms with E-state index in [-0.39, 0.29) is 22.7 Å². The van der Waals surface area contributed by atoms with Gasteiger partial charge >= 0.3 is 107 Å². The summed E-state index contributed by atoms with van der Waals surface area (Å²) in [4.78, 5) is 4.11. The topological polar surface area (TPSA) is 46.7 Å². The van der Waals surface area contributed by atoms with Crippen LogP contribution in [0.2, 0.25) is 0 Å². The number of fused-ring (bicyclic) bond motifs is 2. The summed E-state index contributed by atoms with van der Waals surface area (Å²) in [6, 6.07) is 12.6. The Hall–Kier alpha value is -3.25. The number of phenolic OH excluding ortho intramolecular Hbond substituents is 1. The minimum absolute atomic E-state index is 0.0128. The van der Waals surface area contributed by atoms with Crippen molar-refractivity contribution in [2.24, 2.45) is 8.91 Å². The van der Waals surface area contributed by atoms with Crippen molar-refractivity contribution in [3.05, 3.63) is 105 Å². The predicted octanol–water partition coefficient (Wildman–Crippen LogP) is 11.1. The summed E-state index contributed by atoms with van der Waals surface area (Å²) in [7, 11) is 0. The molecule has 0 unspecified atom stereocenters. The first-order valence-corrected chi connectivity index (χ1v) is 18.4. The average molecular weight is 748 g/mol. The molecule has 1 aromatic heterocycles. The molecule has 0 radical (unpaired) electrons. The SMILES string of the molecule is CC(C)(C)[CH]=[Mo]=[N]c1ccccc1C(F)(F)F.Cc1c(F)cc2c(c1-c1c(O)c(F)cc3c1CCCC3)CCCC2.Cc1ccc(C)[n-]1. The van der Waals surface area contributed by atoms with Crippen molar-refractivity contribution < 1.29 is 45.0 Å². The Kier molecular flexibility index (Phi) is 12.5. The van der Waals surface area contributed by atoms with Crippen LogP contribution >= 0.6 is 0 Å². The Morgan fingerprint density at radius 2 is 1.27 bits per heavy atom. The molecule has 0 spiro atoms. The largest absolute Gasteiger partial charge is 0.665 e. The van der Waals surface area contributed by atoms with E-state index in [1.165, 1.54) is 18.2 Å². The molecule has 9 heteroatoms. The van der Waals surface area contributed by atoms with Gasteiger partial charge in [-0.3, -0.25) is 0 Å². The number of phenols is 1. The predicted molar refractivity (Wildman–Crippen MR) is 180 cm³/mol. The van der Waals surface area contributed by atoms with E-state index in [4.69, 9.17) is 0 Å². The Morgan fingerprint density at radius 1 is 0.750 bits per heavy atom. The van der Waals surface area contributed by atoms with E-state index in [1.807, 2.05) is 51.2 Å². The van der Waals surface area contributed by atoms with Crippen LogP contribution < -0.4 is 4.98 Å². The van der Waals surface area contributed by atoms with E-state index in [0.29, 0.717) is 11.1 Å². The molecule has 48 heavy (non-hydrogen) atoms. The van der Waals surface area contributed by atoms with E-state index in [2.05, 4.69) is 8.48 Å².